The van der Waals surface area contributed by atoms with Crippen molar-refractivity contribution in [2.45, 2.75) is 18.3 Å². The maximum absolute atomic E-state index is 12.3. The second kappa shape index (κ2) is 9.75. The van der Waals surface area contributed by atoms with Crippen molar-refractivity contribution < 1.29 is 14.3 Å². The fourth-order valence-electron chi connectivity index (χ4n) is 2.50. The number of nitrogens with zero attached hydrogens (tertiary/aromatic N) is 3. The molecule has 0 aliphatic rings. The van der Waals surface area contributed by atoms with Gasteiger partial charge in [-0.05, 0) is 24.3 Å². The Morgan fingerprint density at radius 1 is 1.11 bits per heavy atom. The van der Waals surface area contributed by atoms with Crippen LogP contribution in [0.15, 0.2) is 72.4 Å². The van der Waals surface area contributed by atoms with E-state index >= 15 is 0 Å². The third kappa shape index (κ3) is 5.01. The molecule has 0 spiro atoms. The summed E-state index contributed by atoms with van der Waals surface area (Å²) in [5.74, 6) is 2.49. The van der Waals surface area contributed by atoms with Gasteiger partial charge in [-0.3, -0.25) is 9.36 Å². The predicted octanol–water partition coefficient (Wildman–Crippen LogP) is 4.03. The fourth-order valence-corrected chi connectivity index (χ4v) is 3.36. The number of rotatable bonds is 10. The Morgan fingerprint density at radius 3 is 2.50 bits per heavy atom. The lowest BCUT2D eigenvalue weighted by Crippen LogP contribution is -2.09. The van der Waals surface area contributed by atoms with Crippen molar-refractivity contribution in [3.05, 3.63) is 78.6 Å². The summed E-state index contributed by atoms with van der Waals surface area (Å²) < 4.78 is 12.8. The number of carbonyl (C=O) groups is 1. The molecule has 1 heterocycles. The van der Waals surface area contributed by atoms with Gasteiger partial charge in [0.1, 0.15) is 18.1 Å². The molecule has 0 amide bonds. The first kappa shape index (κ1) is 19.7. The van der Waals surface area contributed by atoms with Crippen LogP contribution in [-0.4, -0.2) is 33.4 Å². The molecule has 0 unspecified atom stereocenters. The van der Waals surface area contributed by atoms with E-state index in [0.29, 0.717) is 34.6 Å². The summed E-state index contributed by atoms with van der Waals surface area (Å²) in [6.07, 6.45) is 1.77. The lowest BCUT2D eigenvalue weighted by Gasteiger charge is -2.09. The van der Waals surface area contributed by atoms with Crippen molar-refractivity contribution in [2.24, 2.45) is 0 Å². The molecule has 0 saturated heterocycles. The van der Waals surface area contributed by atoms with E-state index < -0.39 is 0 Å². The fraction of sp³-hybridized carbons (Fsp3) is 0.190. The molecule has 28 heavy (non-hydrogen) atoms. The Morgan fingerprint density at radius 2 is 1.82 bits per heavy atom. The number of Topliss-reactive ketones (excluding diaryl/α,β-unsaturated/α-hetero) is 1. The van der Waals surface area contributed by atoms with Crippen LogP contribution >= 0.6 is 11.8 Å². The van der Waals surface area contributed by atoms with Crippen LogP contribution in [0.1, 0.15) is 16.2 Å². The number of aromatic nitrogens is 3. The SMILES string of the molecule is C=CCn1c(COc2ccc(OC)cc2)nnc1SCC(=O)c1ccccc1. The van der Waals surface area contributed by atoms with Crippen LogP contribution in [0.5, 0.6) is 11.5 Å². The standard InChI is InChI=1S/C21H21N3O3S/c1-3-13-24-20(14-27-18-11-9-17(26-2)10-12-18)22-23-21(24)28-15-19(25)16-7-5-4-6-8-16/h3-12H,1,13-15H2,2H3. The van der Waals surface area contributed by atoms with Crippen LogP contribution in [0, 0.1) is 0 Å². The van der Waals surface area contributed by atoms with Crippen LogP contribution in [0.4, 0.5) is 0 Å². The summed E-state index contributed by atoms with van der Waals surface area (Å²) in [6, 6.07) is 16.6. The normalized spacial score (nSPS) is 10.5. The topological polar surface area (TPSA) is 66.2 Å². The zero-order valence-electron chi connectivity index (χ0n) is 15.6. The van der Waals surface area contributed by atoms with E-state index in [9.17, 15) is 4.79 Å². The molecular weight excluding hydrogens is 374 g/mol. The van der Waals surface area contributed by atoms with Gasteiger partial charge in [0, 0.05) is 12.1 Å². The number of benzene rings is 2. The quantitative estimate of drug-likeness (QED) is 0.293. The number of allylic oxidation sites excluding steroid dienone is 1. The first-order chi connectivity index (χ1) is 13.7. The zero-order valence-corrected chi connectivity index (χ0v) is 16.4. The van der Waals surface area contributed by atoms with Crippen LogP contribution in [-0.2, 0) is 13.2 Å². The molecule has 0 aliphatic heterocycles. The number of hydrogen-bond donors (Lipinski definition) is 0. The Hall–Kier alpha value is -3.06. The number of ketones is 1. The van der Waals surface area contributed by atoms with Crippen molar-refractivity contribution >= 4 is 17.5 Å². The first-order valence-electron chi connectivity index (χ1n) is 8.72. The van der Waals surface area contributed by atoms with E-state index in [1.54, 1.807) is 13.2 Å². The number of carbonyl (C=O) groups excluding carboxylic acids is 1. The minimum Gasteiger partial charge on any atom is -0.497 e. The lowest BCUT2D eigenvalue weighted by molar-refractivity contribution is 0.102. The molecule has 6 nitrogen and oxygen atoms in total. The predicted molar refractivity (Wildman–Crippen MR) is 109 cm³/mol. The van der Waals surface area contributed by atoms with E-state index in [2.05, 4.69) is 16.8 Å². The molecule has 0 aliphatic carbocycles. The summed E-state index contributed by atoms with van der Waals surface area (Å²) in [7, 11) is 1.62. The van der Waals surface area contributed by atoms with Gasteiger partial charge in [0.05, 0.1) is 12.9 Å². The maximum atomic E-state index is 12.3. The second-order valence-electron chi connectivity index (χ2n) is 5.84. The molecule has 0 saturated carbocycles. The molecule has 1 aromatic heterocycles. The molecule has 144 valence electrons. The lowest BCUT2D eigenvalue weighted by atomic mass is 10.2. The molecule has 0 N–H and O–H groups in total. The number of ether oxygens (including phenoxy) is 2. The molecule has 3 rings (SSSR count). The average Bonchev–Trinajstić information content (AvgIpc) is 3.13. The Balaban J connectivity index is 1.65. The minimum atomic E-state index is 0.0507. The largest absolute Gasteiger partial charge is 0.497 e. The van der Waals surface area contributed by atoms with Crippen LogP contribution < -0.4 is 9.47 Å². The van der Waals surface area contributed by atoms with E-state index in [1.807, 2.05) is 59.2 Å². The Kier molecular flexibility index (Phi) is 6.86. The van der Waals surface area contributed by atoms with Crippen molar-refractivity contribution in [3.8, 4) is 11.5 Å². The average molecular weight is 395 g/mol. The number of methoxy groups -OCH3 is 1. The van der Waals surface area contributed by atoms with Gasteiger partial charge in [0.15, 0.2) is 16.8 Å². The van der Waals surface area contributed by atoms with Gasteiger partial charge in [-0.15, -0.1) is 16.8 Å². The van der Waals surface area contributed by atoms with Crippen molar-refractivity contribution in [1.82, 2.24) is 14.8 Å². The highest BCUT2D eigenvalue weighted by atomic mass is 32.2. The van der Waals surface area contributed by atoms with Gasteiger partial charge < -0.3 is 9.47 Å². The summed E-state index contributed by atoms with van der Waals surface area (Å²) in [4.78, 5) is 12.3. The van der Waals surface area contributed by atoms with Gasteiger partial charge in [-0.1, -0.05) is 48.2 Å². The number of thioether (sulfide) groups is 1. The van der Waals surface area contributed by atoms with Gasteiger partial charge in [0.25, 0.3) is 0 Å². The highest BCUT2D eigenvalue weighted by molar-refractivity contribution is 7.99. The summed E-state index contributed by atoms with van der Waals surface area (Å²) >= 11 is 1.36. The van der Waals surface area contributed by atoms with Crippen LogP contribution in [0.3, 0.4) is 0 Å². The molecule has 0 atom stereocenters. The Labute approximate surface area is 168 Å². The van der Waals surface area contributed by atoms with Crippen molar-refractivity contribution in [3.63, 3.8) is 0 Å². The monoisotopic (exact) mass is 395 g/mol. The molecule has 0 fully saturated rings. The maximum Gasteiger partial charge on any atom is 0.192 e. The van der Waals surface area contributed by atoms with E-state index in [1.165, 1.54) is 11.8 Å². The van der Waals surface area contributed by atoms with Gasteiger partial charge in [0.2, 0.25) is 0 Å². The molecule has 7 heteroatoms. The van der Waals surface area contributed by atoms with Crippen LogP contribution in [0.25, 0.3) is 0 Å². The van der Waals surface area contributed by atoms with Crippen LogP contribution in [0.2, 0.25) is 0 Å². The summed E-state index contributed by atoms with van der Waals surface area (Å²) in [5.41, 5.74) is 0.688. The van der Waals surface area contributed by atoms with E-state index in [0.717, 1.165) is 5.75 Å². The second-order valence-corrected chi connectivity index (χ2v) is 6.78. The minimum absolute atomic E-state index is 0.0507. The van der Waals surface area contributed by atoms with Gasteiger partial charge >= 0.3 is 0 Å². The molecule has 2 aromatic carbocycles. The van der Waals surface area contributed by atoms with E-state index in [4.69, 9.17) is 9.47 Å². The third-order valence-corrected chi connectivity index (χ3v) is 4.93. The summed E-state index contributed by atoms with van der Waals surface area (Å²) in [5, 5.41) is 9.10. The highest BCUT2D eigenvalue weighted by Crippen LogP contribution is 2.21. The number of hydrogen-bond acceptors (Lipinski definition) is 6. The molecule has 0 radical (unpaired) electrons. The van der Waals surface area contributed by atoms with E-state index in [-0.39, 0.29) is 12.4 Å². The zero-order chi connectivity index (χ0) is 19.8. The molecular formula is C21H21N3O3S. The van der Waals surface area contributed by atoms with Gasteiger partial charge in [-0.25, -0.2) is 0 Å². The summed E-state index contributed by atoms with van der Waals surface area (Å²) in [6.45, 7) is 4.59. The highest BCUT2D eigenvalue weighted by Gasteiger charge is 2.15. The molecule has 0 bridgehead atoms. The van der Waals surface area contributed by atoms with Crippen molar-refractivity contribution in [2.75, 3.05) is 12.9 Å². The molecule has 3 aromatic rings. The first-order valence-corrected chi connectivity index (χ1v) is 9.70. The third-order valence-electron chi connectivity index (χ3n) is 3.96. The Bertz CT molecular complexity index is 924. The smallest absolute Gasteiger partial charge is 0.192 e. The van der Waals surface area contributed by atoms with Crippen molar-refractivity contribution in [1.29, 1.82) is 0 Å². The van der Waals surface area contributed by atoms with Gasteiger partial charge in [-0.2, -0.15) is 0 Å².